The molecule has 0 atom stereocenters. The maximum atomic E-state index is 13.3. The van der Waals surface area contributed by atoms with Gasteiger partial charge in [0.2, 0.25) is 0 Å². The van der Waals surface area contributed by atoms with E-state index in [0.29, 0.717) is 17.0 Å². The zero-order valence-corrected chi connectivity index (χ0v) is 15.0. The normalized spacial score (nSPS) is 18.3. The number of esters is 2. The molecule has 7 nitrogen and oxygen atoms in total. The number of methoxy groups -OCH3 is 2. The van der Waals surface area contributed by atoms with Crippen molar-refractivity contribution in [2.24, 2.45) is 0 Å². The Kier molecular flexibility index (Phi) is 4.54. The third-order valence-electron chi connectivity index (χ3n) is 4.33. The Bertz CT molecular complexity index is 852. The molecular formula is C18H17F2NO6. The van der Waals surface area contributed by atoms with Crippen LogP contribution in [0.5, 0.6) is 11.5 Å². The van der Waals surface area contributed by atoms with Crippen LogP contribution in [0.2, 0.25) is 0 Å². The molecule has 144 valence electrons. The minimum Gasteiger partial charge on any atom is -0.466 e. The average molecular weight is 381 g/mol. The lowest BCUT2D eigenvalue weighted by atomic mass is 9.80. The van der Waals surface area contributed by atoms with E-state index in [0.717, 1.165) is 0 Å². The Morgan fingerprint density at radius 2 is 1.52 bits per heavy atom. The second-order valence-corrected chi connectivity index (χ2v) is 5.99. The van der Waals surface area contributed by atoms with E-state index in [9.17, 15) is 18.4 Å². The van der Waals surface area contributed by atoms with Crippen LogP contribution < -0.4 is 14.8 Å². The number of carbonyl (C=O) groups excluding carboxylic acids is 2. The first-order chi connectivity index (χ1) is 12.7. The molecule has 0 aromatic heterocycles. The van der Waals surface area contributed by atoms with Crippen molar-refractivity contribution >= 4 is 11.9 Å². The largest absolute Gasteiger partial charge is 0.586 e. The number of alkyl halides is 2. The molecule has 2 heterocycles. The molecule has 2 aliphatic heterocycles. The standard InChI is InChI=1S/C18H17F2NO6/c1-8-13(16(22)24-3)15(14(9(2)21-8)17(23)25-4)10-5-6-11-12(7-10)27-18(19,20)26-11/h5-7,15,21H,1-4H3. The number of nitrogens with one attached hydrogen (secondary N) is 1. The molecule has 0 saturated carbocycles. The zero-order chi connectivity index (χ0) is 19.9. The minimum absolute atomic E-state index is 0.140. The van der Waals surface area contributed by atoms with Crippen molar-refractivity contribution in [3.63, 3.8) is 0 Å². The third kappa shape index (κ3) is 3.20. The van der Waals surface area contributed by atoms with Crippen molar-refractivity contribution in [1.29, 1.82) is 0 Å². The lowest BCUT2D eigenvalue weighted by molar-refractivity contribution is -0.286. The maximum Gasteiger partial charge on any atom is 0.586 e. The van der Waals surface area contributed by atoms with Gasteiger partial charge in [-0.1, -0.05) is 6.07 Å². The fraction of sp³-hybridized carbons (Fsp3) is 0.333. The maximum absolute atomic E-state index is 13.3. The lowest BCUT2D eigenvalue weighted by Crippen LogP contribution is -2.32. The highest BCUT2D eigenvalue weighted by Crippen LogP contribution is 2.46. The van der Waals surface area contributed by atoms with Gasteiger partial charge in [-0.2, -0.15) is 0 Å². The summed E-state index contributed by atoms with van der Waals surface area (Å²) in [6, 6.07) is 4.08. The van der Waals surface area contributed by atoms with Gasteiger partial charge in [-0.3, -0.25) is 0 Å². The molecule has 1 aromatic carbocycles. The molecule has 27 heavy (non-hydrogen) atoms. The number of ether oxygens (including phenoxy) is 4. The second-order valence-electron chi connectivity index (χ2n) is 5.99. The van der Waals surface area contributed by atoms with Gasteiger partial charge < -0.3 is 24.3 Å². The highest BCUT2D eigenvalue weighted by Gasteiger charge is 2.44. The Morgan fingerprint density at radius 3 is 2.04 bits per heavy atom. The predicted octanol–water partition coefficient (Wildman–Crippen LogP) is 2.59. The summed E-state index contributed by atoms with van der Waals surface area (Å²) in [6.45, 7) is 3.30. The summed E-state index contributed by atoms with van der Waals surface area (Å²) in [5.41, 5.74) is 1.64. The smallest absolute Gasteiger partial charge is 0.466 e. The van der Waals surface area contributed by atoms with Gasteiger partial charge in [0, 0.05) is 11.4 Å². The summed E-state index contributed by atoms with van der Waals surface area (Å²) in [4.78, 5) is 24.8. The number of hydrogen-bond acceptors (Lipinski definition) is 7. The quantitative estimate of drug-likeness (QED) is 0.806. The fourth-order valence-corrected chi connectivity index (χ4v) is 3.23. The topological polar surface area (TPSA) is 83.1 Å². The Balaban J connectivity index is 2.17. The molecule has 0 fully saturated rings. The predicted molar refractivity (Wildman–Crippen MR) is 88.0 cm³/mol. The molecule has 1 aromatic rings. The Labute approximate surface area is 153 Å². The number of fused-ring (bicyclic) bond motifs is 1. The number of dihydropyridines is 1. The van der Waals surface area contributed by atoms with Crippen LogP contribution in [0.3, 0.4) is 0 Å². The van der Waals surface area contributed by atoms with E-state index in [-0.39, 0.29) is 22.6 Å². The average Bonchev–Trinajstić information content (AvgIpc) is 2.92. The molecule has 0 radical (unpaired) electrons. The van der Waals surface area contributed by atoms with Crippen LogP contribution in [0.25, 0.3) is 0 Å². The summed E-state index contributed by atoms with van der Waals surface area (Å²) in [5.74, 6) is -2.56. The summed E-state index contributed by atoms with van der Waals surface area (Å²) in [5, 5.41) is 2.96. The van der Waals surface area contributed by atoms with Crippen molar-refractivity contribution in [1.82, 2.24) is 5.32 Å². The van der Waals surface area contributed by atoms with Crippen LogP contribution in [0, 0.1) is 0 Å². The molecule has 2 aliphatic rings. The van der Waals surface area contributed by atoms with Crippen molar-refractivity contribution in [2.45, 2.75) is 26.1 Å². The van der Waals surface area contributed by atoms with E-state index in [4.69, 9.17) is 9.47 Å². The first-order valence-electron chi connectivity index (χ1n) is 7.93. The molecule has 0 spiro atoms. The molecule has 9 heteroatoms. The van der Waals surface area contributed by atoms with Crippen LogP contribution in [0.1, 0.15) is 25.3 Å². The van der Waals surface area contributed by atoms with E-state index in [1.165, 1.54) is 32.4 Å². The summed E-state index contributed by atoms with van der Waals surface area (Å²) >= 11 is 0. The van der Waals surface area contributed by atoms with E-state index in [1.54, 1.807) is 13.8 Å². The molecule has 0 amide bonds. The molecule has 0 aliphatic carbocycles. The first kappa shape index (κ1) is 18.7. The monoisotopic (exact) mass is 381 g/mol. The summed E-state index contributed by atoms with van der Waals surface area (Å²) in [6.07, 6.45) is -3.77. The molecule has 0 saturated heterocycles. The van der Waals surface area contributed by atoms with Crippen LogP contribution in [0.4, 0.5) is 8.78 Å². The highest BCUT2D eigenvalue weighted by atomic mass is 19.3. The molecular weight excluding hydrogens is 364 g/mol. The van der Waals surface area contributed by atoms with Crippen molar-refractivity contribution in [3.05, 3.63) is 46.3 Å². The number of halogens is 2. The number of benzene rings is 1. The van der Waals surface area contributed by atoms with E-state index < -0.39 is 24.2 Å². The van der Waals surface area contributed by atoms with Gasteiger partial charge in [0.1, 0.15) is 0 Å². The number of rotatable bonds is 3. The third-order valence-corrected chi connectivity index (χ3v) is 4.33. The zero-order valence-electron chi connectivity index (χ0n) is 15.0. The minimum atomic E-state index is -3.77. The number of allylic oxidation sites excluding steroid dienone is 2. The van der Waals surface area contributed by atoms with Crippen LogP contribution in [-0.2, 0) is 19.1 Å². The van der Waals surface area contributed by atoms with Crippen molar-refractivity contribution in [2.75, 3.05) is 14.2 Å². The Hall–Kier alpha value is -3.10. The summed E-state index contributed by atoms with van der Waals surface area (Å²) < 4.78 is 45.2. The number of hydrogen-bond donors (Lipinski definition) is 1. The van der Waals surface area contributed by atoms with E-state index in [1.807, 2.05) is 0 Å². The van der Waals surface area contributed by atoms with Crippen molar-refractivity contribution in [3.8, 4) is 11.5 Å². The summed E-state index contributed by atoms with van der Waals surface area (Å²) in [7, 11) is 2.42. The van der Waals surface area contributed by atoms with Crippen LogP contribution in [-0.4, -0.2) is 32.5 Å². The van der Waals surface area contributed by atoms with Gasteiger partial charge in [0.05, 0.1) is 31.3 Å². The van der Waals surface area contributed by atoms with Gasteiger partial charge in [-0.05, 0) is 31.5 Å². The van der Waals surface area contributed by atoms with Gasteiger partial charge >= 0.3 is 18.2 Å². The van der Waals surface area contributed by atoms with Crippen LogP contribution >= 0.6 is 0 Å². The molecule has 1 N–H and O–H groups in total. The van der Waals surface area contributed by atoms with Gasteiger partial charge in [-0.15, -0.1) is 8.78 Å². The molecule has 0 bridgehead atoms. The molecule has 0 unspecified atom stereocenters. The van der Waals surface area contributed by atoms with E-state index in [2.05, 4.69) is 14.8 Å². The molecule has 3 rings (SSSR count). The van der Waals surface area contributed by atoms with Crippen LogP contribution in [0.15, 0.2) is 40.7 Å². The van der Waals surface area contributed by atoms with Gasteiger partial charge in [-0.25, -0.2) is 9.59 Å². The second kappa shape index (κ2) is 6.57. The van der Waals surface area contributed by atoms with Gasteiger partial charge in [0.25, 0.3) is 0 Å². The fourth-order valence-electron chi connectivity index (χ4n) is 3.23. The van der Waals surface area contributed by atoms with Gasteiger partial charge in [0.15, 0.2) is 11.5 Å². The van der Waals surface area contributed by atoms with E-state index >= 15 is 0 Å². The highest BCUT2D eigenvalue weighted by molar-refractivity contribution is 5.99. The SMILES string of the molecule is COC(=O)C1=C(C)NC(C)=C(C(=O)OC)C1c1ccc2c(c1)OC(F)(F)O2. The lowest BCUT2D eigenvalue weighted by Gasteiger charge is -2.30. The number of carbonyl (C=O) groups is 2. The Morgan fingerprint density at radius 1 is 1.00 bits per heavy atom. The van der Waals surface area contributed by atoms with Crippen molar-refractivity contribution < 1.29 is 37.3 Å². The first-order valence-corrected chi connectivity index (χ1v) is 7.93.